The second kappa shape index (κ2) is 5.74. The van der Waals surface area contributed by atoms with Crippen LogP contribution in [0.4, 0.5) is 15.8 Å². The first-order chi connectivity index (χ1) is 10.1. The van der Waals surface area contributed by atoms with Crippen molar-refractivity contribution in [1.82, 2.24) is 0 Å². The summed E-state index contributed by atoms with van der Waals surface area (Å²) < 4.78 is 13.7. The quantitative estimate of drug-likeness (QED) is 0.877. The van der Waals surface area contributed by atoms with Crippen LogP contribution >= 0.6 is 11.6 Å². The van der Waals surface area contributed by atoms with Crippen molar-refractivity contribution in [2.75, 3.05) is 17.2 Å². The number of carbonyl (C=O) groups is 1. The maximum atomic E-state index is 13.7. The number of hydrogen-bond acceptors (Lipinski definition) is 2. The van der Waals surface area contributed by atoms with Crippen LogP contribution in [-0.4, -0.2) is 12.5 Å². The van der Waals surface area contributed by atoms with Gasteiger partial charge in [-0.15, -0.1) is 0 Å². The van der Waals surface area contributed by atoms with Crippen LogP contribution in [0.15, 0.2) is 36.4 Å². The zero-order chi connectivity index (χ0) is 14.8. The van der Waals surface area contributed by atoms with Crippen molar-refractivity contribution in [2.45, 2.75) is 12.8 Å². The van der Waals surface area contributed by atoms with Crippen molar-refractivity contribution >= 4 is 28.9 Å². The molecule has 3 nitrogen and oxygen atoms in total. The van der Waals surface area contributed by atoms with Crippen LogP contribution in [0.25, 0.3) is 0 Å². The van der Waals surface area contributed by atoms with Crippen molar-refractivity contribution in [3.05, 3.63) is 58.4 Å². The van der Waals surface area contributed by atoms with E-state index in [2.05, 4.69) is 10.6 Å². The first kappa shape index (κ1) is 13.9. The molecule has 108 valence electrons. The molecule has 1 heterocycles. The number of anilines is 2. The third-order valence-electron chi connectivity index (χ3n) is 3.49. The topological polar surface area (TPSA) is 41.1 Å². The molecule has 0 aliphatic carbocycles. The average Bonchev–Trinajstić information content (AvgIpc) is 2.49. The molecule has 0 saturated heterocycles. The van der Waals surface area contributed by atoms with E-state index in [9.17, 15) is 9.18 Å². The van der Waals surface area contributed by atoms with Gasteiger partial charge in [0, 0.05) is 22.8 Å². The van der Waals surface area contributed by atoms with E-state index in [1.807, 2.05) is 12.1 Å². The Morgan fingerprint density at radius 2 is 2.10 bits per heavy atom. The Morgan fingerprint density at radius 3 is 2.90 bits per heavy atom. The number of benzene rings is 2. The molecule has 1 aliphatic rings. The molecule has 1 amide bonds. The minimum atomic E-state index is -0.546. The van der Waals surface area contributed by atoms with Crippen molar-refractivity contribution < 1.29 is 9.18 Å². The zero-order valence-electron chi connectivity index (χ0n) is 11.2. The fraction of sp³-hybridized carbons (Fsp3) is 0.188. The van der Waals surface area contributed by atoms with Crippen LogP contribution in [0, 0.1) is 5.82 Å². The van der Waals surface area contributed by atoms with Crippen molar-refractivity contribution in [3.8, 4) is 0 Å². The number of hydrogen-bond donors (Lipinski definition) is 2. The molecule has 21 heavy (non-hydrogen) atoms. The Morgan fingerprint density at radius 1 is 1.24 bits per heavy atom. The van der Waals surface area contributed by atoms with Gasteiger partial charge in [-0.1, -0.05) is 11.6 Å². The number of carbonyl (C=O) groups excluding carboxylic acids is 1. The monoisotopic (exact) mass is 304 g/mol. The Hall–Kier alpha value is -2.07. The number of rotatable bonds is 2. The molecule has 0 fully saturated rings. The van der Waals surface area contributed by atoms with Crippen LogP contribution in [0.3, 0.4) is 0 Å². The van der Waals surface area contributed by atoms with Gasteiger partial charge in [0.15, 0.2) is 0 Å². The molecular formula is C16H14ClFN2O. The molecular weight excluding hydrogens is 291 g/mol. The van der Waals surface area contributed by atoms with E-state index < -0.39 is 5.82 Å². The normalized spacial score (nSPS) is 13.2. The van der Waals surface area contributed by atoms with Gasteiger partial charge in [0.1, 0.15) is 5.82 Å². The van der Waals surface area contributed by atoms with Gasteiger partial charge in [0.2, 0.25) is 0 Å². The molecule has 2 aromatic carbocycles. The fourth-order valence-corrected chi connectivity index (χ4v) is 2.56. The summed E-state index contributed by atoms with van der Waals surface area (Å²) in [5.74, 6) is -0.875. The fourth-order valence-electron chi connectivity index (χ4n) is 2.40. The molecule has 0 atom stereocenters. The first-order valence-electron chi connectivity index (χ1n) is 6.77. The smallest absolute Gasteiger partial charge is 0.255 e. The molecule has 1 aliphatic heterocycles. The van der Waals surface area contributed by atoms with E-state index in [-0.39, 0.29) is 11.6 Å². The molecule has 0 unspecified atom stereocenters. The van der Waals surface area contributed by atoms with E-state index >= 15 is 0 Å². The first-order valence-corrected chi connectivity index (χ1v) is 7.14. The number of aryl methyl sites for hydroxylation is 1. The van der Waals surface area contributed by atoms with Gasteiger partial charge in [-0.2, -0.15) is 0 Å². The minimum Gasteiger partial charge on any atom is -0.385 e. The maximum Gasteiger partial charge on any atom is 0.255 e. The van der Waals surface area contributed by atoms with Gasteiger partial charge in [0.05, 0.1) is 5.69 Å². The predicted molar refractivity (Wildman–Crippen MR) is 82.6 cm³/mol. The molecule has 0 spiro atoms. The number of fused-ring (bicyclic) bond motifs is 1. The summed E-state index contributed by atoms with van der Waals surface area (Å²) in [5.41, 5.74) is 2.83. The van der Waals surface area contributed by atoms with Crippen LogP contribution in [0.2, 0.25) is 5.02 Å². The summed E-state index contributed by atoms with van der Waals surface area (Å²) in [6.07, 6.45) is 1.99. The Labute approximate surface area is 127 Å². The second-order valence-corrected chi connectivity index (χ2v) is 5.42. The highest BCUT2D eigenvalue weighted by molar-refractivity contribution is 6.30. The van der Waals surface area contributed by atoms with Crippen LogP contribution in [-0.2, 0) is 6.42 Å². The highest BCUT2D eigenvalue weighted by atomic mass is 35.5. The SMILES string of the molecule is O=C(Nc1ccc(Cl)cc1F)c1ccc2c(c1)CCCN2. The summed E-state index contributed by atoms with van der Waals surface area (Å²) in [6.45, 7) is 0.953. The summed E-state index contributed by atoms with van der Waals surface area (Å²) in [5, 5.41) is 6.15. The minimum absolute atomic E-state index is 0.125. The number of halogens is 2. The molecule has 0 saturated carbocycles. The Balaban J connectivity index is 1.82. The summed E-state index contributed by atoms with van der Waals surface area (Å²) in [4.78, 5) is 12.2. The van der Waals surface area contributed by atoms with Crippen molar-refractivity contribution in [1.29, 1.82) is 0 Å². The van der Waals surface area contributed by atoms with E-state index in [0.717, 1.165) is 30.6 Å². The third kappa shape index (κ3) is 3.00. The summed E-state index contributed by atoms with van der Waals surface area (Å²) >= 11 is 5.69. The molecule has 0 aromatic heterocycles. The van der Waals surface area contributed by atoms with Gasteiger partial charge in [-0.05, 0) is 54.8 Å². The van der Waals surface area contributed by atoms with E-state index in [4.69, 9.17) is 11.6 Å². The largest absolute Gasteiger partial charge is 0.385 e. The van der Waals surface area contributed by atoms with Gasteiger partial charge < -0.3 is 10.6 Å². The Kier molecular flexibility index (Phi) is 3.80. The Bertz CT molecular complexity index is 703. The van der Waals surface area contributed by atoms with Gasteiger partial charge in [-0.25, -0.2) is 4.39 Å². The predicted octanol–water partition coefficient (Wildman–Crippen LogP) is 4.09. The standard InChI is InChI=1S/C16H14ClFN2O/c17-12-4-6-15(13(18)9-12)20-16(21)11-3-5-14-10(8-11)2-1-7-19-14/h3-6,8-9,19H,1-2,7H2,(H,20,21). The van der Waals surface area contributed by atoms with E-state index in [1.165, 1.54) is 18.2 Å². The lowest BCUT2D eigenvalue weighted by Crippen LogP contribution is -2.16. The number of amides is 1. The van der Waals surface area contributed by atoms with Crippen LogP contribution in [0.5, 0.6) is 0 Å². The van der Waals surface area contributed by atoms with Gasteiger partial charge >= 0.3 is 0 Å². The lowest BCUT2D eigenvalue weighted by molar-refractivity contribution is 0.102. The molecule has 2 N–H and O–H groups in total. The lowest BCUT2D eigenvalue weighted by atomic mass is 10.0. The van der Waals surface area contributed by atoms with Crippen molar-refractivity contribution in [2.24, 2.45) is 0 Å². The lowest BCUT2D eigenvalue weighted by Gasteiger charge is -2.18. The zero-order valence-corrected chi connectivity index (χ0v) is 12.0. The van der Waals surface area contributed by atoms with Crippen molar-refractivity contribution in [3.63, 3.8) is 0 Å². The molecule has 5 heteroatoms. The molecule has 2 aromatic rings. The van der Waals surface area contributed by atoms with E-state index in [0.29, 0.717) is 10.6 Å². The highest BCUT2D eigenvalue weighted by Crippen LogP contribution is 2.24. The molecule has 0 bridgehead atoms. The van der Waals surface area contributed by atoms with Crippen LogP contribution < -0.4 is 10.6 Å². The maximum absolute atomic E-state index is 13.7. The molecule has 0 radical (unpaired) electrons. The highest BCUT2D eigenvalue weighted by Gasteiger charge is 2.14. The number of nitrogens with one attached hydrogen (secondary N) is 2. The average molecular weight is 305 g/mol. The summed E-state index contributed by atoms with van der Waals surface area (Å²) in [6, 6.07) is 9.65. The van der Waals surface area contributed by atoms with Gasteiger partial charge in [0.25, 0.3) is 5.91 Å². The second-order valence-electron chi connectivity index (χ2n) is 4.98. The molecule has 3 rings (SSSR count). The van der Waals surface area contributed by atoms with Gasteiger partial charge in [-0.3, -0.25) is 4.79 Å². The third-order valence-corrected chi connectivity index (χ3v) is 3.72. The summed E-state index contributed by atoms with van der Waals surface area (Å²) in [7, 11) is 0. The van der Waals surface area contributed by atoms with E-state index in [1.54, 1.807) is 6.07 Å². The van der Waals surface area contributed by atoms with Crippen LogP contribution in [0.1, 0.15) is 22.3 Å².